The van der Waals surface area contributed by atoms with E-state index in [2.05, 4.69) is 5.32 Å². The van der Waals surface area contributed by atoms with Gasteiger partial charge >= 0.3 is 0 Å². The number of nitro benzene ring substituents is 1. The maximum absolute atomic E-state index is 13.0. The Morgan fingerprint density at radius 2 is 1.71 bits per heavy atom. The summed E-state index contributed by atoms with van der Waals surface area (Å²) in [5.41, 5.74) is 1.58. The lowest BCUT2D eigenvalue weighted by Gasteiger charge is -2.22. The number of carbonyl (C=O) groups is 2. The van der Waals surface area contributed by atoms with E-state index in [1.54, 1.807) is 31.2 Å². The Kier molecular flexibility index (Phi) is 6.03. The van der Waals surface area contributed by atoms with E-state index in [1.165, 1.54) is 18.2 Å². The summed E-state index contributed by atoms with van der Waals surface area (Å²) in [6.07, 6.45) is 4.23. The first kappa shape index (κ1) is 19.5. The molecule has 2 aromatic rings. The highest BCUT2D eigenvalue weighted by atomic mass is 16.6. The van der Waals surface area contributed by atoms with Gasteiger partial charge in [-0.05, 0) is 44.0 Å². The number of anilines is 1. The molecule has 0 aliphatic carbocycles. The molecule has 7 heteroatoms. The molecule has 2 amide bonds. The van der Waals surface area contributed by atoms with Gasteiger partial charge in [0.25, 0.3) is 17.5 Å². The quantitative estimate of drug-likeness (QED) is 0.635. The number of rotatable bonds is 4. The van der Waals surface area contributed by atoms with Crippen molar-refractivity contribution in [2.75, 3.05) is 18.4 Å². The largest absolute Gasteiger partial charge is 0.339 e. The number of aryl methyl sites for hydroxylation is 1. The lowest BCUT2D eigenvalue weighted by atomic mass is 10.1. The number of likely N-dealkylation sites (tertiary alicyclic amines) is 1. The fraction of sp³-hybridized carbons (Fsp3) is 0.333. The second-order valence-corrected chi connectivity index (χ2v) is 6.96. The molecule has 1 N–H and O–H groups in total. The standard InChI is InChI=1S/C21H23N3O4/c1-15-14-16(10-11-19(15)24(27)28)20(25)22-18-9-5-4-8-17(18)21(26)23-12-6-2-3-7-13-23/h4-5,8-11,14H,2-3,6-7,12-13H2,1H3,(H,22,25). The van der Waals surface area contributed by atoms with Gasteiger partial charge < -0.3 is 10.2 Å². The van der Waals surface area contributed by atoms with Crippen molar-refractivity contribution in [1.82, 2.24) is 4.90 Å². The van der Waals surface area contributed by atoms with Crippen LogP contribution in [0.2, 0.25) is 0 Å². The van der Waals surface area contributed by atoms with Gasteiger partial charge in [-0.15, -0.1) is 0 Å². The molecule has 7 nitrogen and oxygen atoms in total. The molecule has 0 saturated carbocycles. The molecule has 1 fully saturated rings. The number of para-hydroxylation sites is 1. The molecule has 2 aromatic carbocycles. The Morgan fingerprint density at radius 3 is 2.36 bits per heavy atom. The number of hydrogen-bond acceptors (Lipinski definition) is 4. The lowest BCUT2D eigenvalue weighted by Crippen LogP contribution is -2.32. The molecule has 0 radical (unpaired) electrons. The predicted molar refractivity (Wildman–Crippen MR) is 107 cm³/mol. The van der Waals surface area contributed by atoms with E-state index in [4.69, 9.17) is 0 Å². The highest BCUT2D eigenvalue weighted by molar-refractivity contribution is 6.09. The zero-order chi connectivity index (χ0) is 20.1. The van der Waals surface area contributed by atoms with Crippen LogP contribution in [0.1, 0.15) is 52.0 Å². The van der Waals surface area contributed by atoms with Gasteiger partial charge in [0.1, 0.15) is 0 Å². The fourth-order valence-corrected chi connectivity index (χ4v) is 3.42. The molecular weight excluding hydrogens is 358 g/mol. The van der Waals surface area contributed by atoms with Crippen LogP contribution >= 0.6 is 0 Å². The summed E-state index contributed by atoms with van der Waals surface area (Å²) in [4.78, 5) is 37.9. The minimum Gasteiger partial charge on any atom is -0.339 e. The molecule has 146 valence electrons. The third kappa shape index (κ3) is 4.36. The first-order valence-corrected chi connectivity index (χ1v) is 9.42. The van der Waals surface area contributed by atoms with Gasteiger partial charge in [-0.3, -0.25) is 19.7 Å². The molecule has 28 heavy (non-hydrogen) atoms. The van der Waals surface area contributed by atoms with E-state index in [0.717, 1.165) is 38.8 Å². The first-order valence-electron chi connectivity index (χ1n) is 9.42. The van der Waals surface area contributed by atoms with E-state index >= 15 is 0 Å². The maximum atomic E-state index is 13.0. The van der Waals surface area contributed by atoms with E-state index in [1.807, 2.05) is 4.90 Å². The third-order valence-corrected chi connectivity index (χ3v) is 4.95. The van der Waals surface area contributed by atoms with E-state index in [9.17, 15) is 19.7 Å². The van der Waals surface area contributed by atoms with Gasteiger partial charge in [0.2, 0.25) is 0 Å². The summed E-state index contributed by atoms with van der Waals surface area (Å²) in [6.45, 7) is 3.04. The van der Waals surface area contributed by atoms with E-state index in [-0.39, 0.29) is 11.6 Å². The van der Waals surface area contributed by atoms with Crippen molar-refractivity contribution >= 4 is 23.2 Å². The summed E-state index contributed by atoms with van der Waals surface area (Å²) >= 11 is 0. The molecule has 0 bridgehead atoms. The number of hydrogen-bond donors (Lipinski definition) is 1. The fourth-order valence-electron chi connectivity index (χ4n) is 3.42. The number of nitrogens with one attached hydrogen (secondary N) is 1. The normalized spacial score (nSPS) is 14.2. The van der Waals surface area contributed by atoms with Gasteiger partial charge in [0.15, 0.2) is 0 Å². The molecule has 0 aromatic heterocycles. The minimum atomic E-state index is -0.480. The third-order valence-electron chi connectivity index (χ3n) is 4.95. The average Bonchev–Trinajstić information content (AvgIpc) is 2.97. The van der Waals surface area contributed by atoms with Crippen LogP contribution in [-0.2, 0) is 0 Å². The Morgan fingerprint density at radius 1 is 1.04 bits per heavy atom. The second-order valence-electron chi connectivity index (χ2n) is 6.96. The molecule has 1 aliphatic heterocycles. The highest BCUT2D eigenvalue weighted by Gasteiger charge is 2.21. The Bertz CT molecular complexity index is 902. The molecular formula is C21H23N3O4. The van der Waals surface area contributed by atoms with Crippen LogP contribution in [0.15, 0.2) is 42.5 Å². The van der Waals surface area contributed by atoms with E-state index in [0.29, 0.717) is 22.4 Å². The van der Waals surface area contributed by atoms with Crippen LogP contribution in [0.3, 0.4) is 0 Å². The summed E-state index contributed by atoms with van der Waals surface area (Å²) < 4.78 is 0. The van der Waals surface area contributed by atoms with Crippen molar-refractivity contribution in [3.8, 4) is 0 Å². The van der Waals surface area contributed by atoms with Gasteiger partial charge in [0, 0.05) is 30.3 Å². The summed E-state index contributed by atoms with van der Waals surface area (Å²) in [6, 6.07) is 11.2. The predicted octanol–water partition coefficient (Wildman–Crippen LogP) is 4.17. The Labute approximate surface area is 163 Å². The van der Waals surface area contributed by atoms with Crippen LogP contribution in [-0.4, -0.2) is 34.7 Å². The highest BCUT2D eigenvalue weighted by Crippen LogP contribution is 2.22. The molecule has 1 saturated heterocycles. The van der Waals surface area contributed by atoms with Crippen molar-refractivity contribution in [2.45, 2.75) is 32.6 Å². The maximum Gasteiger partial charge on any atom is 0.272 e. The lowest BCUT2D eigenvalue weighted by molar-refractivity contribution is -0.385. The topological polar surface area (TPSA) is 92.6 Å². The van der Waals surface area contributed by atoms with Gasteiger partial charge in [-0.1, -0.05) is 25.0 Å². The van der Waals surface area contributed by atoms with Gasteiger partial charge in [-0.25, -0.2) is 0 Å². The second kappa shape index (κ2) is 8.65. The molecule has 0 unspecified atom stereocenters. The Hall–Kier alpha value is -3.22. The van der Waals surface area contributed by atoms with Crippen LogP contribution in [0, 0.1) is 17.0 Å². The van der Waals surface area contributed by atoms with Crippen LogP contribution in [0.25, 0.3) is 0 Å². The summed E-state index contributed by atoms with van der Waals surface area (Å²) in [5.74, 6) is -0.494. The molecule has 1 aliphatic rings. The number of nitrogens with zero attached hydrogens (tertiary/aromatic N) is 2. The smallest absolute Gasteiger partial charge is 0.272 e. The zero-order valence-electron chi connectivity index (χ0n) is 15.8. The summed E-state index contributed by atoms with van der Waals surface area (Å²) in [7, 11) is 0. The van der Waals surface area contributed by atoms with Crippen molar-refractivity contribution in [3.05, 3.63) is 69.3 Å². The minimum absolute atomic E-state index is 0.0340. The van der Waals surface area contributed by atoms with Crippen molar-refractivity contribution in [1.29, 1.82) is 0 Å². The summed E-state index contributed by atoms with van der Waals surface area (Å²) in [5, 5.41) is 13.7. The van der Waals surface area contributed by atoms with Crippen molar-refractivity contribution in [3.63, 3.8) is 0 Å². The first-order chi connectivity index (χ1) is 13.5. The number of benzene rings is 2. The number of nitro groups is 1. The van der Waals surface area contributed by atoms with Crippen molar-refractivity contribution in [2.24, 2.45) is 0 Å². The van der Waals surface area contributed by atoms with Crippen LogP contribution < -0.4 is 5.32 Å². The number of amides is 2. The van der Waals surface area contributed by atoms with Crippen LogP contribution in [0.5, 0.6) is 0 Å². The van der Waals surface area contributed by atoms with E-state index < -0.39 is 10.8 Å². The van der Waals surface area contributed by atoms with Gasteiger partial charge in [0.05, 0.1) is 16.2 Å². The SMILES string of the molecule is Cc1cc(C(=O)Nc2ccccc2C(=O)N2CCCCCC2)ccc1[N+](=O)[O-]. The Balaban J connectivity index is 1.81. The number of carbonyl (C=O) groups excluding carboxylic acids is 2. The van der Waals surface area contributed by atoms with Gasteiger partial charge in [-0.2, -0.15) is 0 Å². The van der Waals surface area contributed by atoms with Crippen molar-refractivity contribution < 1.29 is 14.5 Å². The molecule has 3 rings (SSSR count). The molecule has 1 heterocycles. The average molecular weight is 381 g/mol. The zero-order valence-corrected chi connectivity index (χ0v) is 15.8. The monoisotopic (exact) mass is 381 g/mol. The molecule has 0 atom stereocenters. The molecule has 0 spiro atoms. The van der Waals surface area contributed by atoms with Crippen LogP contribution in [0.4, 0.5) is 11.4 Å².